The van der Waals surface area contributed by atoms with Crippen LogP contribution in [-0.2, 0) is 9.47 Å². The molecule has 5 aliphatic rings. The van der Waals surface area contributed by atoms with Crippen molar-refractivity contribution in [3.63, 3.8) is 0 Å². The topological polar surface area (TPSA) is 103 Å². The Morgan fingerprint density at radius 3 is 2.06 bits per heavy atom. The molecule has 11 atom stereocenters. The molecule has 0 aromatic heterocycles. The van der Waals surface area contributed by atoms with E-state index in [2.05, 4.69) is 27.7 Å². The van der Waals surface area contributed by atoms with Crippen LogP contribution in [0.1, 0.15) is 113 Å². The first kappa shape index (κ1) is 27.3. The van der Waals surface area contributed by atoms with E-state index in [-0.39, 0.29) is 34.7 Å². The van der Waals surface area contributed by atoms with E-state index in [1.807, 2.05) is 27.7 Å². The second-order valence-electron chi connectivity index (χ2n) is 15.4. The highest BCUT2D eigenvalue weighted by Crippen LogP contribution is 2.71. The van der Waals surface area contributed by atoms with E-state index in [1.165, 1.54) is 0 Å². The zero-order valence-electron chi connectivity index (χ0n) is 23.9. The molecule has 2 saturated heterocycles. The average molecular weight is 509 g/mol. The molecule has 6 nitrogen and oxygen atoms in total. The summed E-state index contributed by atoms with van der Waals surface area (Å²) in [6.07, 6.45) is 5.59. The molecular weight excluding hydrogens is 456 g/mol. The van der Waals surface area contributed by atoms with E-state index in [0.717, 1.165) is 38.5 Å². The molecule has 208 valence electrons. The molecule has 0 aromatic carbocycles. The Morgan fingerprint density at radius 2 is 1.39 bits per heavy atom. The van der Waals surface area contributed by atoms with Crippen LogP contribution in [-0.4, -0.2) is 66.7 Å². The summed E-state index contributed by atoms with van der Waals surface area (Å²) in [6, 6.07) is 0. The van der Waals surface area contributed by atoms with Gasteiger partial charge in [-0.3, -0.25) is 0 Å². The van der Waals surface area contributed by atoms with Gasteiger partial charge in [0.05, 0.1) is 35.1 Å². The van der Waals surface area contributed by atoms with Crippen molar-refractivity contribution < 1.29 is 29.9 Å². The second kappa shape index (κ2) is 7.91. The van der Waals surface area contributed by atoms with Gasteiger partial charge < -0.3 is 29.9 Å². The molecule has 2 aliphatic heterocycles. The molecule has 0 aromatic rings. The van der Waals surface area contributed by atoms with Crippen molar-refractivity contribution in [1.82, 2.24) is 0 Å². The Labute approximate surface area is 218 Å². The number of ether oxygens (including phenoxy) is 2. The van der Waals surface area contributed by atoms with Crippen LogP contribution in [0.5, 0.6) is 0 Å². The number of aliphatic hydroxyl groups is 4. The fraction of sp³-hybridized carbons (Fsp3) is 1.00. The minimum absolute atomic E-state index is 0.00801. The van der Waals surface area contributed by atoms with E-state index in [0.29, 0.717) is 19.3 Å². The molecule has 0 unspecified atom stereocenters. The summed E-state index contributed by atoms with van der Waals surface area (Å²) in [7, 11) is 0. The Balaban J connectivity index is 1.46. The number of hydrogen-bond acceptors (Lipinski definition) is 6. The lowest BCUT2D eigenvalue weighted by Gasteiger charge is -2.54. The molecule has 0 bridgehead atoms. The monoisotopic (exact) mass is 508 g/mol. The summed E-state index contributed by atoms with van der Waals surface area (Å²) in [4.78, 5) is 0. The first-order valence-electron chi connectivity index (χ1n) is 14.5. The molecule has 0 amide bonds. The molecule has 3 aliphatic carbocycles. The van der Waals surface area contributed by atoms with Crippen molar-refractivity contribution in [2.45, 2.75) is 159 Å². The van der Waals surface area contributed by atoms with Crippen LogP contribution in [0.4, 0.5) is 0 Å². The van der Waals surface area contributed by atoms with Gasteiger partial charge in [0.25, 0.3) is 0 Å². The minimum atomic E-state index is -0.830. The standard InChI is InChI=1S/C30H52O6/c1-24(2)18-9-14-27(6,33)19(18)17-22(32)29(8)30(24,36-29)16-10-20-26(5)13-11-21(31)25(3,4)35-23(26)12-15-28(20,7)34/h18-23,31-34H,9-17H2,1-8H3/t18-,19+,20-,21-,22-,23-,26-,27-,28+,29-,30+/m1/s1. The predicted octanol–water partition coefficient (Wildman–Crippen LogP) is 4.35. The van der Waals surface area contributed by atoms with Crippen molar-refractivity contribution in [3.8, 4) is 0 Å². The Bertz CT molecular complexity index is 881. The minimum Gasteiger partial charge on any atom is -0.390 e. The number of epoxide rings is 1. The Hall–Kier alpha value is -0.240. The van der Waals surface area contributed by atoms with Crippen LogP contribution >= 0.6 is 0 Å². The maximum Gasteiger partial charge on any atom is 0.121 e. The molecule has 3 saturated carbocycles. The number of fused-ring (bicyclic) bond motifs is 3. The van der Waals surface area contributed by atoms with Gasteiger partial charge in [-0.15, -0.1) is 0 Å². The van der Waals surface area contributed by atoms with Gasteiger partial charge in [0.1, 0.15) is 11.2 Å². The molecule has 6 heteroatoms. The summed E-state index contributed by atoms with van der Waals surface area (Å²) in [5, 5.41) is 45.1. The summed E-state index contributed by atoms with van der Waals surface area (Å²) in [5.41, 5.74) is -3.80. The summed E-state index contributed by atoms with van der Waals surface area (Å²) < 4.78 is 13.2. The van der Waals surface area contributed by atoms with E-state index in [4.69, 9.17) is 9.47 Å². The van der Waals surface area contributed by atoms with Crippen molar-refractivity contribution in [2.75, 3.05) is 0 Å². The quantitative estimate of drug-likeness (QED) is 0.423. The zero-order chi connectivity index (χ0) is 26.7. The van der Waals surface area contributed by atoms with Gasteiger partial charge in [0.15, 0.2) is 0 Å². The van der Waals surface area contributed by atoms with E-state index >= 15 is 0 Å². The lowest BCUT2D eigenvalue weighted by Crippen LogP contribution is -2.57. The smallest absolute Gasteiger partial charge is 0.121 e. The highest BCUT2D eigenvalue weighted by molar-refractivity contribution is 5.28. The Morgan fingerprint density at radius 1 is 0.750 bits per heavy atom. The van der Waals surface area contributed by atoms with Gasteiger partial charge >= 0.3 is 0 Å². The molecular formula is C30H52O6. The van der Waals surface area contributed by atoms with Gasteiger partial charge in [-0.05, 0) is 121 Å². The maximum atomic E-state index is 11.7. The van der Waals surface area contributed by atoms with Crippen molar-refractivity contribution >= 4 is 0 Å². The molecule has 0 radical (unpaired) electrons. The Kier molecular flexibility index (Phi) is 6.01. The first-order chi connectivity index (χ1) is 16.3. The van der Waals surface area contributed by atoms with Crippen LogP contribution in [0.15, 0.2) is 0 Å². The van der Waals surface area contributed by atoms with E-state index in [1.54, 1.807) is 0 Å². The van der Waals surface area contributed by atoms with Gasteiger partial charge in [0, 0.05) is 0 Å². The fourth-order valence-corrected chi connectivity index (χ4v) is 10.0. The van der Waals surface area contributed by atoms with E-state index in [9.17, 15) is 20.4 Å². The lowest BCUT2D eigenvalue weighted by molar-refractivity contribution is -0.207. The van der Waals surface area contributed by atoms with Gasteiger partial charge in [-0.25, -0.2) is 0 Å². The van der Waals surface area contributed by atoms with Crippen LogP contribution in [0.2, 0.25) is 0 Å². The molecule has 2 heterocycles. The van der Waals surface area contributed by atoms with Crippen LogP contribution in [0, 0.1) is 28.6 Å². The van der Waals surface area contributed by atoms with Gasteiger partial charge in [0.2, 0.25) is 0 Å². The highest BCUT2D eigenvalue weighted by atomic mass is 16.6. The van der Waals surface area contributed by atoms with Crippen LogP contribution < -0.4 is 0 Å². The van der Waals surface area contributed by atoms with Crippen molar-refractivity contribution in [2.24, 2.45) is 28.6 Å². The fourth-order valence-electron chi connectivity index (χ4n) is 10.0. The molecule has 36 heavy (non-hydrogen) atoms. The van der Waals surface area contributed by atoms with Crippen molar-refractivity contribution in [1.29, 1.82) is 0 Å². The van der Waals surface area contributed by atoms with Crippen molar-refractivity contribution in [3.05, 3.63) is 0 Å². The van der Waals surface area contributed by atoms with Crippen LogP contribution in [0.25, 0.3) is 0 Å². The van der Waals surface area contributed by atoms with Gasteiger partial charge in [-0.2, -0.15) is 0 Å². The summed E-state index contributed by atoms with van der Waals surface area (Å²) >= 11 is 0. The number of rotatable bonds is 3. The van der Waals surface area contributed by atoms with Crippen LogP contribution in [0.3, 0.4) is 0 Å². The van der Waals surface area contributed by atoms with Gasteiger partial charge in [-0.1, -0.05) is 20.8 Å². The third-order valence-corrected chi connectivity index (χ3v) is 12.7. The third-order valence-electron chi connectivity index (χ3n) is 12.7. The zero-order valence-corrected chi connectivity index (χ0v) is 23.9. The molecule has 5 fully saturated rings. The van der Waals surface area contributed by atoms with E-state index < -0.39 is 40.2 Å². The molecule has 5 rings (SSSR count). The average Bonchev–Trinajstić information content (AvgIpc) is 3.31. The SMILES string of the molecule is CC1(C)O[C@@H]2CC[C@](C)(O)[C@H](CC[C@@]34O[C@]3(C)[C@H](O)C[C@H]3[C@@H](CC[C@@]3(C)O)C4(C)C)[C@@]2(C)CC[C@H]1O. The summed E-state index contributed by atoms with van der Waals surface area (Å²) in [5.74, 6) is 0.330. The highest BCUT2D eigenvalue weighted by Gasteiger charge is 2.80. The first-order valence-corrected chi connectivity index (χ1v) is 14.5. The second-order valence-corrected chi connectivity index (χ2v) is 15.4. The predicted molar refractivity (Wildman–Crippen MR) is 138 cm³/mol. The summed E-state index contributed by atoms with van der Waals surface area (Å²) in [6.45, 7) is 16.8. The number of hydrogen-bond donors (Lipinski definition) is 4. The number of aliphatic hydroxyl groups excluding tert-OH is 2. The maximum absolute atomic E-state index is 11.7. The molecule has 0 spiro atoms. The largest absolute Gasteiger partial charge is 0.390 e. The lowest BCUT2D eigenvalue weighted by atomic mass is 9.54. The third kappa shape index (κ3) is 3.57. The molecule has 4 N–H and O–H groups in total. The normalized spacial score (nSPS) is 57.7.